The molecule has 186 valence electrons. The summed E-state index contributed by atoms with van der Waals surface area (Å²) in [5.41, 5.74) is 3.49. The van der Waals surface area contributed by atoms with E-state index in [0.717, 1.165) is 36.4 Å². The van der Waals surface area contributed by atoms with Gasteiger partial charge >= 0.3 is 5.97 Å². The van der Waals surface area contributed by atoms with Crippen LogP contribution in [0.1, 0.15) is 83.6 Å². The molecule has 0 aliphatic carbocycles. The van der Waals surface area contributed by atoms with E-state index in [0.29, 0.717) is 13.0 Å². The van der Waals surface area contributed by atoms with Gasteiger partial charge in [-0.1, -0.05) is 63.9 Å². The lowest BCUT2D eigenvalue weighted by Gasteiger charge is -2.44. The Labute approximate surface area is 205 Å². The number of esters is 1. The van der Waals surface area contributed by atoms with Crippen LogP contribution in [0.2, 0.25) is 0 Å². The molecule has 1 aliphatic rings. The van der Waals surface area contributed by atoms with Crippen molar-refractivity contribution in [2.45, 2.75) is 92.1 Å². The second-order valence-electron chi connectivity index (χ2n) is 11.1. The number of fused-ring (bicyclic) bond motifs is 1. The van der Waals surface area contributed by atoms with Crippen LogP contribution in [0, 0.1) is 12.3 Å². The highest BCUT2D eigenvalue weighted by atomic mass is 16.6. The molecule has 2 unspecified atom stereocenters. The highest BCUT2D eigenvalue weighted by Gasteiger charge is 2.47. The molecule has 2 atom stereocenters. The van der Waals surface area contributed by atoms with Crippen molar-refractivity contribution in [1.29, 1.82) is 0 Å². The second kappa shape index (κ2) is 10.8. The van der Waals surface area contributed by atoms with Crippen LogP contribution in [0.5, 0.6) is 5.75 Å². The molecule has 0 saturated heterocycles. The molecule has 1 N–H and O–H groups in total. The minimum Gasteiger partial charge on any atom is -0.483 e. The summed E-state index contributed by atoms with van der Waals surface area (Å²) in [6.45, 7) is 15.6. The first-order chi connectivity index (χ1) is 16.0. The van der Waals surface area contributed by atoms with Gasteiger partial charge in [-0.05, 0) is 56.4 Å². The molecule has 1 heterocycles. The molecule has 34 heavy (non-hydrogen) atoms. The number of carbonyl (C=O) groups excluding carboxylic acids is 1. The summed E-state index contributed by atoms with van der Waals surface area (Å²) >= 11 is 0. The zero-order valence-corrected chi connectivity index (χ0v) is 21.9. The Kier molecular flexibility index (Phi) is 8.29. The van der Waals surface area contributed by atoms with E-state index in [-0.39, 0.29) is 11.4 Å². The van der Waals surface area contributed by atoms with Gasteiger partial charge in [-0.15, -0.1) is 0 Å². The third-order valence-electron chi connectivity index (χ3n) is 6.00. The fraction of sp³-hybridized carbons (Fsp3) is 0.552. The lowest BCUT2D eigenvalue weighted by Crippen LogP contribution is -2.52. The van der Waals surface area contributed by atoms with Crippen LogP contribution >= 0.6 is 0 Å². The van der Waals surface area contributed by atoms with Gasteiger partial charge in [-0.25, -0.2) is 0 Å². The number of anilines is 1. The van der Waals surface area contributed by atoms with Crippen LogP contribution in [0.25, 0.3) is 0 Å². The monoisotopic (exact) mass is 467 g/mol. The van der Waals surface area contributed by atoms with Gasteiger partial charge < -0.3 is 19.5 Å². The fourth-order valence-corrected chi connectivity index (χ4v) is 4.10. The Morgan fingerprint density at radius 2 is 1.82 bits per heavy atom. The first-order valence-electron chi connectivity index (χ1n) is 12.4. The first kappa shape index (κ1) is 26.1. The SMILES string of the molecule is CCCCOC1c2cc(NCc3ccc(C)cc3)ccc2OC(C)(C)C1OC(=O)CC(C)(C)C. The molecular formula is C29H41NO4. The van der Waals surface area contributed by atoms with Crippen molar-refractivity contribution < 1.29 is 19.0 Å². The lowest BCUT2D eigenvalue weighted by molar-refractivity contribution is -0.186. The zero-order chi connectivity index (χ0) is 24.9. The molecule has 2 aromatic rings. The predicted octanol–water partition coefficient (Wildman–Crippen LogP) is 6.98. The van der Waals surface area contributed by atoms with E-state index < -0.39 is 17.8 Å². The van der Waals surface area contributed by atoms with Gasteiger partial charge in [0.25, 0.3) is 0 Å². The molecule has 0 bridgehead atoms. The quantitative estimate of drug-likeness (QED) is 0.318. The molecule has 0 fully saturated rings. The van der Waals surface area contributed by atoms with Gasteiger partial charge in [-0.3, -0.25) is 4.79 Å². The molecule has 0 saturated carbocycles. The fourth-order valence-electron chi connectivity index (χ4n) is 4.10. The molecule has 0 radical (unpaired) electrons. The van der Waals surface area contributed by atoms with Gasteiger partial charge in [-0.2, -0.15) is 0 Å². The van der Waals surface area contributed by atoms with Gasteiger partial charge in [0.2, 0.25) is 0 Å². The number of hydrogen-bond acceptors (Lipinski definition) is 5. The van der Waals surface area contributed by atoms with Gasteiger partial charge in [0.15, 0.2) is 6.10 Å². The van der Waals surface area contributed by atoms with Crippen LogP contribution in [0.3, 0.4) is 0 Å². The number of aryl methyl sites for hydroxylation is 1. The van der Waals surface area contributed by atoms with Gasteiger partial charge in [0.1, 0.15) is 17.5 Å². The van der Waals surface area contributed by atoms with Crippen LogP contribution in [0.15, 0.2) is 42.5 Å². The van der Waals surface area contributed by atoms with Crippen LogP contribution < -0.4 is 10.1 Å². The predicted molar refractivity (Wildman–Crippen MR) is 137 cm³/mol. The van der Waals surface area contributed by atoms with E-state index in [1.807, 2.05) is 46.8 Å². The minimum absolute atomic E-state index is 0.152. The third kappa shape index (κ3) is 6.99. The van der Waals surface area contributed by atoms with Gasteiger partial charge in [0.05, 0.1) is 6.42 Å². The normalized spacial score (nSPS) is 19.1. The average Bonchev–Trinajstić information content (AvgIpc) is 2.74. The van der Waals surface area contributed by atoms with Crippen LogP contribution in [-0.4, -0.2) is 24.3 Å². The Morgan fingerprint density at radius 3 is 2.47 bits per heavy atom. The molecule has 3 rings (SSSR count). The summed E-state index contributed by atoms with van der Waals surface area (Å²) in [6, 6.07) is 14.6. The number of benzene rings is 2. The maximum absolute atomic E-state index is 12.8. The standard InChI is InChI=1S/C29H41NO4/c1-8-9-16-32-26-23-17-22(30-19-21-12-10-20(2)11-13-21)14-15-24(23)34-29(6,7)27(26)33-25(31)18-28(3,4)5/h10-15,17,26-27,30H,8-9,16,18-19H2,1-7H3. The summed E-state index contributed by atoms with van der Waals surface area (Å²) in [4.78, 5) is 12.8. The van der Waals surface area contributed by atoms with E-state index in [4.69, 9.17) is 14.2 Å². The molecule has 2 aromatic carbocycles. The number of unbranched alkanes of at least 4 members (excludes halogenated alkanes) is 1. The summed E-state index contributed by atoms with van der Waals surface area (Å²) in [5.74, 6) is 0.547. The lowest BCUT2D eigenvalue weighted by atomic mass is 9.87. The van der Waals surface area contributed by atoms with Crippen molar-refractivity contribution in [1.82, 2.24) is 0 Å². The van der Waals surface area contributed by atoms with Crippen molar-refractivity contribution in [3.63, 3.8) is 0 Å². The molecule has 1 aliphatic heterocycles. The van der Waals surface area contributed by atoms with Crippen LogP contribution in [0.4, 0.5) is 5.69 Å². The van der Waals surface area contributed by atoms with Crippen LogP contribution in [-0.2, 0) is 20.8 Å². The highest BCUT2D eigenvalue weighted by molar-refractivity contribution is 5.70. The summed E-state index contributed by atoms with van der Waals surface area (Å²) < 4.78 is 18.8. The Morgan fingerprint density at radius 1 is 1.12 bits per heavy atom. The van der Waals surface area contributed by atoms with E-state index in [9.17, 15) is 4.79 Å². The van der Waals surface area contributed by atoms with E-state index in [1.54, 1.807) is 0 Å². The zero-order valence-electron chi connectivity index (χ0n) is 21.9. The van der Waals surface area contributed by atoms with E-state index >= 15 is 0 Å². The maximum Gasteiger partial charge on any atom is 0.306 e. The van der Waals surface area contributed by atoms with E-state index in [2.05, 4.69) is 49.5 Å². The third-order valence-corrected chi connectivity index (χ3v) is 6.00. The van der Waals surface area contributed by atoms with Crippen molar-refractivity contribution >= 4 is 11.7 Å². The Balaban J connectivity index is 1.86. The first-order valence-corrected chi connectivity index (χ1v) is 12.4. The number of carbonyl (C=O) groups is 1. The van der Waals surface area contributed by atoms with Crippen molar-refractivity contribution in [2.24, 2.45) is 5.41 Å². The highest BCUT2D eigenvalue weighted by Crippen LogP contribution is 2.44. The van der Waals surface area contributed by atoms with Crippen molar-refractivity contribution in [3.05, 3.63) is 59.2 Å². The van der Waals surface area contributed by atoms with Crippen molar-refractivity contribution in [3.8, 4) is 5.75 Å². The Bertz CT molecular complexity index is 959. The summed E-state index contributed by atoms with van der Waals surface area (Å²) in [7, 11) is 0. The minimum atomic E-state index is -0.714. The van der Waals surface area contributed by atoms with E-state index in [1.165, 1.54) is 11.1 Å². The molecular weight excluding hydrogens is 426 g/mol. The smallest absolute Gasteiger partial charge is 0.306 e. The Hall–Kier alpha value is -2.53. The largest absolute Gasteiger partial charge is 0.483 e. The van der Waals surface area contributed by atoms with Crippen molar-refractivity contribution in [2.75, 3.05) is 11.9 Å². The second-order valence-corrected chi connectivity index (χ2v) is 11.1. The molecule has 5 heteroatoms. The topological polar surface area (TPSA) is 56.8 Å². The van der Waals surface area contributed by atoms with Gasteiger partial charge in [0, 0.05) is 24.4 Å². The summed E-state index contributed by atoms with van der Waals surface area (Å²) in [5, 5.41) is 3.51. The molecule has 0 aromatic heterocycles. The molecule has 5 nitrogen and oxygen atoms in total. The molecule has 0 spiro atoms. The maximum atomic E-state index is 12.8. The number of rotatable bonds is 9. The number of hydrogen-bond donors (Lipinski definition) is 1. The number of ether oxygens (including phenoxy) is 3. The number of nitrogens with one attached hydrogen (secondary N) is 1. The molecule has 0 amide bonds. The average molecular weight is 468 g/mol. The summed E-state index contributed by atoms with van der Waals surface area (Å²) in [6.07, 6.45) is 1.38.